The summed E-state index contributed by atoms with van der Waals surface area (Å²) in [6.45, 7) is 7.56. The zero-order valence-electron chi connectivity index (χ0n) is 17.8. The van der Waals surface area contributed by atoms with Gasteiger partial charge >= 0.3 is 0 Å². The van der Waals surface area contributed by atoms with E-state index in [2.05, 4.69) is 22.9 Å². The molecule has 0 spiro atoms. The van der Waals surface area contributed by atoms with Gasteiger partial charge in [-0.25, -0.2) is 0 Å². The molecule has 2 fully saturated rings. The van der Waals surface area contributed by atoms with Crippen LogP contribution >= 0.6 is 0 Å². The molecule has 0 aliphatic carbocycles. The smallest absolute Gasteiger partial charge is 0.165 e. The van der Waals surface area contributed by atoms with E-state index >= 15 is 0 Å². The number of benzene rings is 1. The molecule has 0 aromatic heterocycles. The van der Waals surface area contributed by atoms with E-state index in [0.29, 0.717) is 18.2 Å². The lowest BCUT2D eigenvalue weighted by molar-refractivity contribution is 0.00430. The fraction of sp³-hybridized carbons (Fsp3) is 0.727. The highest BCUT2D eigenvalue weighted by Gasteiger charge is 2.20. The number of hydrogen-bond donors (Lipinski definition) is 1. The van der Waals surface area contributed by atoms with Crippen LogP contribution in [0, 0.1) is 5.92 Å². The highest BCUT2D eigenvalue weighted by Crippen LogP contribution is 2.32. The van der Waals surface area contributed by atoms with Crippen molar-refractivity contribution in [2.45, 2.75) is 25.5 Å². The van der Waals surface area contributed by atoms with E-state index in [4.69, 9.17) is 18.9 Å². The van der Waals surface area contributed by atoms with Gasteiger partial charge in [-0.3, -0.25) is 4.90 Å². The van der Waals surface area contributed by atoms with Gasteiger partial charge < -0.3 is 29.0 Å². The van der Waals surface area contributed by atoms with E-state index in [1.165, 1.54) is 0 Å². The van der Waals surface area contributed by atoms with Gasteiger partial charge in [-0.1, -0.05) is 12.1 Å². The first-order valence-corrected chi connectivity index (χ1v) is 10.7. The quantitative estimate of drug-likeness (QED) is 0.631. The van der Waals surface area contributed by atoms with Crippen molar-refractivity contribution >= 4 is 0 Å². The molecule has 1 N–H and O–H groups in total. The van der Waals surface area contributed by atoms with Crippen molar-refractivity contribution in [3.05, 3.63) is 23.8 Å². The lowest BCUT2D eigenvalue weighted by Crippen LogP contribution is -2.42. The molecular weight excluding hydrogens is 372 g/mol. The molecule has 164 valence electrons. The Labute approximate surface area is 174 Å². The Bertz CT molecular complexity index is 603. The number of aliphatic hydroxyl groups excluding tert-OH is 1. The molecule has 1 unspecified atom stereocenters. The number of rotatable bonds is 10. The van der Waals surface area contributed by atoms with E-state index in [1.807, 2.05) is 12.1 Å². The fourth-order valence-electron chi connectivity index (χ4n) is 4.05. The highest BCUT2D eigenvalue weighted by molar-refractivity contribution is 5.46. The number of aliphatic hydroxyl groups is 1. The average molecular weight is 409 g/mol. The van der Waals surface area contributed by atoms with Crippen LogP contribution in [0.3, 0.4) is 0 Å². The summed E-state index contributed by atoms with van der Waals surface area (Å²) >= 11 is 0. The maximum atomic E-state index is 10.4. The summed E-state index contributed by atoms with van der Waals surface area (Å²) in [5, 5.41) is 10.4. The van der Waals surface area contributed by atoms with Crippen molar-refractivity contribution in [3.63, 3.8) is 0 Å². The third-order valence-corrected chi connectivity index (χ3v) is 5.62. The number of β-amino-alcohol motifs (C(OH)–C–C–N with tert-alkyl or cyclic N) is 1. The van der Waals surface area contributed by atoms with Crippen molar-refractivity contribution < 1.29 is 24.1 Å². The zero-order valence-corrected chi connectivity index (χ0v) is 17.8. The highest BCUT2D eigenvalue weighted by atomic mass is 16.5. The Morgan fingerprint density at radius 1 is 1.17 bits per heavy atom. The second kappa shape index (κ2) is 11.7. The summed E-state index contributed by atoms with van der Waals surface area (Å²) < 4.78 is 22.4. The molecule has 2 aliphatic rings. The molecule has 0 saturated carbocycles. The second-order valence-corrected chi connectivity index (χ2v) is 8.08. The third kappa shape index (κ3) is 7.12. The van der Waals surface area contributed by atoms with Crippen LogP contribution in [-0.2, 0) is 16.0 Å². The first-order chi connectivity index (χ1) is 14.2. The summed E-state index contributed by atoms with van der Waals surface area (Å²) in [6, 6.07) is 5.98. The van der Waals surface area contributed by atoms with Gasteiger partial charge in [0.05, 0.1) is 20.3 Å². The molecule has 1 aromatic carbocycles. The first-order valence-electron chi connectivity index (χ1n) is 10.7. The lowest BCUT2D eigenvalue weighted by atomic mass is 9.99. The maximum Gasteiger partial charge on any atom is 0.165 e. The lowest BCUT2D eigenvalue weighted by Gasteiger charge is -2.29. The van der Waals surface area contributed by atoms with Crippen LogP contribution in [0.1, 0.15) is 18.4 Å². The summed E-state index contributed by atoms with van der Waals surface area (Å²) in [5.74, 6) is 2.12. The third-order valence-electron chi connectivity index (χ3n) is 5.62. The predicted molar refractivity (Wildman–Crippen MR) is 112 cm³/mol. The van der Waals surface area contributed by atoms with Crippen molar-refractivity contribution in [1.29, 1.82) is 0 Å². The van der Waals surface area contributed by atoms with E-state index in [0.717, 1.165) is 76.8 Å². The van der Waals surface area contributed by atoms with E-state index in [-0.39, 0.29) is 6.61 Å². The van der Waals surface area contributed by atoms with Crippen LogP contribution in [0.15, 0.2) is 18.2 Å². The number of nitrogens with zero attached hydrogens (tertiary/aromatic N) is 2. The van der Waals surface area contributed by atoms with E-state index < -0.39 is 6.10 Å². The Balaban J connectivity index is 1.56. The average Bonchev–Trinajstić information content (AvgIpc) is 2.74. The molecule has 2 saturated heterocycles. The molecule has 3 rings (SSSR count). The van der Waals surface area contributed by atoms with Crippen molar-refractivity contribution in [3.8, 4) is 11.5 Å². The molecule has 0 radical (unpaired) electrons. The van der Waals surface area contributed by atoms with Crippen LogP contribution in [-0.4, -0.2) is 94.4 Å². The molecule has 0 amide bonds. The van der Waals surface area contributed by atoms with Crippen LogP contribution in [0.25, 0.3) is 0 Å². The Morgan fingerprint density at radius 3 is 2.62 bits per heavy atom. The van der Waals surface area contributed by atoms with Crippen LogP contribution < -0.4 is 9.47 Å². The molecule has 2 aliphatic heterocycles. The van der Waals surface area contributed by atoms with Gasteiger partial charge in [0, 0.05) is 51.5 Å². The maximum absolute atomic E-state index is 10.4. The van der Waals surface area contributed by atoms with E-state index in [9.17, 15) is 5.11 Å². The van der Waals surface area contributed by atoms with Gasteiger partial charge in [0.15, 0.2) is 11.5 Å². The normalized spacial score (nSPS) is 20.0. The Morgan fingerprint density at radius 2 is 1.90 bits per heavy atom. The Hall–Kier alpha value is -1.38. The topological polar surface area (TPSA) is 63.6 Å². The largest absolute Gasteiger partial charge is 0.493 e. The second-order valence-electron chi connectivity index (χ2n) is 8.08. The van der Waals surface area contributed by atoms with Gasteiger partial charge in [0.2, 0.25) is 0 Å². The van der Waals surface area contributed by atoms with Crippen molar-refractivity contribution in [2.75, 3.05) is 73.4 Å². The fourth-order valence-corrected chi connectivity index (χ4v) is 4.05. The minimum atomic E-state index is -0.550. The summed E-state index contributed by atoms with van der Waals surface area (Å²) in [5.41, 5.74) is 1.08. The molecular formula is C22H36N2O5. The molecule has 7 heteroatoms. The molecule has 2 heterocycles. The van der Waals surface area contributed by atoms with Crippen LogP contribution in [0.2, 0.25) is 0 Å². The summed E-state index contributed by atoms with van der Waals surface area (Å²) in [4.78, 5) is 4.55. The predicted octanol–water partition coefficient (Wildman–Crippen LogP) is 1.63. The van der Waals surface area contributed by atoms with Gasteiger partial charge in [0.1, 0.15) is 12.7 Å². The SMILES string of the molecule is COc1cccc(CN(C)CC2CCOCC2)c1OCC(O)CN1CCOCC1. The Kier molecular flexibility index (Phi) is 9.01. The zero-order chi connectivity index (χ0) is 20.5. The van der Waals surface area contributed by atoms with Gasteiger partial charge in [-0.2, -0.15) is 0 Å². The molecule has 29 heavy (non-hydrogen) atoms. The van der Waals surface area contributed by atoms with Gasteiger partial charge in [0.25, 0.3) is 0 Å². The molecule has 0 bridgehead atoms. The number of hydrogen-bond acceptors (Lipinski definition) is 7. The molecule has 7 nitrogen and oxygen atoms in total. The van der Waals surface area contributed by atoms with Crippen LogP contribution in [0.5, 0.6) is 11.5 Å². The standard InChI is InChI=1S/C22H36N2O5/c1-23(14-18-6-10-27-11-7-18)15-19-4-3-5-21(26-2)22(19)29-17-20(25)16-24-8-12-28-13-9-24/h3-5,18,20,25H,6-17H2,1-2H3. The van der Waals surface area contributed by atoms with Gasteiger partial charge in [-0.05, 0) is 31.9 Å². The minimum absolute atomic E-state index is 0.244. The number of ether oxygens (including phenoxy) is 4. The van der Waals surface area contributed by atoms with E-state index in [1.54, 1.807) is 7.11 Å². The van der Waals surface area contributed by atoms with Crippen molar-refractivity contribution in [2.24, 2.45) is 5.92 Å². The number of para-hydroxylation sites is 1. The molecule has 1 atom stereocenters. The first kappa shape index (κ1) is 22.3. The summed E-state index contributed by atoms with van der Waals surface area (Å²) in [6.07, 6.45) is 1.70. The minimum Gasteiger partial charge on any atom is -0.493 e. The number of morpholine rings is 1. The number of methoxy groups -OCH3 is 1. The van der Waals surface area contributed by atoms with Crippen LogP contribution in [0.4, 0.5) is 0 Å². The molecule has 1 aromatic rings. The summed E-state index contributed by atoms with van der Waals surface area (Å²) in [7, 11) is 3.80. The van der Waals surface area contributed by atoms with Crippen molar-refractivity contribution in [1.82, 2.24) is 9.80 Å². The monoisotopic (exact) mass is 408 g/mol. The van der Waals surface area contributed by atoms with Gasteiger partial charge in [-0.15, -0.1) is 0 Å².